The van der Waals surface area contributed by atoms with E-state index in [1.54, 1.807) is 0 Å². The van der Waals surface area contributed by atoms with Crippen LogP contribution in [0.5, 0.6) is 0 Å². The predicted molar refractivity (Wildman–Crippen MR) is 95.6 cm³/mol. The van der Waals surface area contributed by atoms with Gasteiger partial charge in [0.1, 0.15) is 13.2 Å². The monoisotopic (exact) mass is 333 g/mol. The summed E-state index contributed by atoms with van der Waals surface area (Å²) in [6.07, 6.45) is 1.60. The number of nitrogens with one attached hydrogen (secondary N) is 1. The van der Waals surface area contributed by atoms with Crippen molar-refractivity contribution in [3.63, 3.8) is 0 Å². The Labute approximate surface area is 147 Å². The summed E-state index contributed by atoms with van der Waals surface area (Å²) in [6, 6.07) is 25.8. The molecular formula is C21H21N2O2+. The molecule has 0 unspecified atom stereocenters. The molecule has 4 heteroatoms. The van der Waals surface area contributed by atoms with E-state index >= 15 is 0 Å². The lowest BCUT2D eigenvalue weighted by Crippen LogP contribution is -2.41. The molecule has 2 aromatic carbocycles. The highest BCUT2D eigenvalue weighted by Gasteiger charge is 2.12. The van der Waals surface area contributed by atoms with Crippen LogP contribution >= 0.6 is 0 Å². The number of hydrogen-bond donors (Lipinski definition) is 1. The molecule has 0 saturated heterocycles. The number of ether oxygens (including phenoxy) is 1. The van der Waals surface area contributed by atoms with Crippen molar-refractivity contribution in [1.29, 1.82) is 0 Å². The van der Waals surface area contributed by atoms with E-state index in [9.17, 15) is 4.79 Å². The first kappa shape index (κ1) is 16.7. The van der Waals surface area contributed by atoms with Gasteiger partial charge in [0.2, 0.25) is 5.69 Å². The van der Waals surface area contributed by atoms with Crippen LogP contribution in [0.3, 0.4) is 0 Å². The molecule has 0 bridgehead atoms. The second-order valence-electron chi connectivity index (χ2n) is 5.72. The third-order valence-electron chi connectivity index (χ3n) is 3.86. The second kappa shape index (κ2) is 8.64. The number of alkyl carbamates (subject to hydrolysis) is 1. The first-order chi connectivity index (χ1) is 12.3. The SMILES string of the molecule is O=C(NCc1cccc[n+]1Cc1ccccc1)OCc1ccccc1. The van der Waals surface area contributed by atoms with E-state index in [1.165, 1.54) is 5.56 Å². The molecule has 1 heterocycles. The first-order valence-corrected chi connectivity index (χ1v) is 8.27. The minimum atomic E-state index is -0.418. The Morgan fingerprint density at radius 3 is 2.20 bits per heavy atom. The van der Waals surface area contributed by atoms with Crippen molar-refractivity contribution in [3.8, 4) is 0 Å². The normalized spacial score (nSPS) is 10.2. The molecule has 0 aliphatic carbocycles. The standard InChI is InChI=1S/C21H20N2O2/c24-21(25-17-19-11-5-2-6-12-19)22-15-20-13-7-8-14-23(20)16-18-9-3-1-4-10-18/h1-14H,15-17H2/p+1. The number of carbonyl (C=O) groups is 1. The van der Waals surface area contributed by atoms with E-state index in [4.69, 9.17) is 4.74 Å². The lowest BCUT2D eigenvalue weighted by Gasteiger charge is -2.07. The summed E-state index contributed by atoms with van der Waals surface area (Å²) in [6.45, 7) is 1.45. The Bertz CT molecular complexity index is 804. The van der Waals surface area contributed by atoms with Gasteiger partial charge in [-0.25, -0.2) is 4.79 Å². The van der Waals surface area contributed by atoms with Gasteiger partial charge >= 0.3 is 6.09 Å². The average Bonchev–Trinajstić information content (AvgIpc) is 2.67. The van der Waals surface area contributed by atoms with E-state index < -0.39 is 6.09 Å². The van der Waals surface area contributed by atoms with Crippen LogP contribution in [0.1, 0.15) is 16.8 Å². The van der Waals surface area contributed by atoms with Crippen LogP contribution < -0.4 is 9.88 Å². The Morgan fingerprint density at radius 1 is 0.840 bits per heavy atom. The molecule has 4 nitrogen and oxygen atoms in total. The number of aromatic nitrogens is 1. The Balaban J connectivity index is 1.55. The van der Waals surface area contributed by atoms with Crippen LogP contribution in [0.25, 0.3) is 0 Å². The minimum Gasteiger partial charge on any atom is -0.445 e. The molecule has 0 atom stereocenters. The predicted octanol–water partition coefficient (Wildman–Crippen LogP) is 3.45. The maximum atomic E-state index is 11.9. The average molecular weight is 333 g/mol. The van der Waals surface area contributed by atoms with E-state index in [-0.39, 0.29) is 6.61 Å². The number of carbonyl (C=O) groups excluding carboxylic acids is 1. The zero-order chi connectivity index (χ0) is 17.3. The Kier molecular flexibility index (Phi) is 5.77. The fourth-order valence-corrected chi connectivity index (χ4v) is 2.54. The number of rotatable bonds is 6. The molecule has 0 aliphatic heterocycles. The lowest BCUT2D eigenvalue weighted by atomic mass is 10.2. The minimum absolute atomic E-state index is 0.269. The molecule has 25 heavy (non-hydrogen) atoms. The van der Waals surface area contributed by atoms with Crippen LogP contribution in [-0.4, -0.2) is 6.09 Å². The van der Waals surface area contributed by atoms with Crippen LogP contribution in [-0.2, 0) is 24.4 Å². The summed E-state index contributed by atoms with van der Waals surface area (Å²) in [4.78, 5) is 11.9. The number of hydrogen-bond acceptors (Lipinski definition) is 2. The number of amides is 1. The summed E-state index contributed by atoms with van der Waals surface area (Å²) in [5.74, 6) is 0. The summed E-state index contributed by atoms with van der Waals surface area (Å²) in [5.41, 5.74) is 3.20. The van der Waals surface area contributed by atoms with E-state index in [2.05, 4.69) is 22.0 Å². The highest BCUT2D eigenvalue weighted by Crippen LogP contribution is 2.02. The summed E-state index contributed by atoms with van der Waals surface area (Å²) in [7, 11) is 0. The Hall–Kier alpha value is -3.14. The van der Waals surface area contributed by atoms with Gasteiger partial charge in [0.25, 0.3) is 0 Å². The third-order valence-corrected chi connectivity index (χ3v) is 3.86. The van der Waals surface area contributed by atoms with Gasteiger partial charge in [-0.2, -0.15) is 4.57 Å². The van der Waals surface area contributed by atoms with Crippen LogP contribution in [0.4, 0.5) is 4.79 Å². The van der Waals surface area contributed by atoms with Gasteiger partial charge < -0.3 is 10.1 Å². The van der Waals surface area contributed by atoms with Crippen molar-refractivity contribution in [3.05, 3.63) is 102 Å². The van der Waals surface area contributed by atoms with Gasteiger partial charge in [-0.3, -0.25) is 0 Å². The molecule has 126 valence electrons. The van der Waals surface area contributed by atoms with Crippen LogP contribution in [0, 0.1) is 0 Å². The molecule has 0 fully saturated rings. The second-order valence-corrected chi connectivity index (χ2v) is 5.72. The largest absolute Gasteiger partial charge is 0.445 e. The topological polar surface area (TPSA) is 42.2 Å². The van der Waals surface area contributed by atoms with Gasteiger partial charge in [-0.1, -0.05) is 66.7 Å². The molecule has 0 saturated carbocycles. The molecule has 1 N–H and O–H groups in total. The molecule has 0 aliphatic rings. The first-order valence-electron chi connectivity index (χ1n) is 8.27. The summed E-state index contributed by atoms with van der Waals surface area (Å²) >= 11 is 0. The summed E-state index contributed by atoms with van der Waals surface area (Å²) < 4.78 is 7.37. The van der Waals surface area contributed by atoms with Crippen molar-refractivity contribution < 1.29 is 14.1 Å². The zero-order valence-corrected chi connectivity index (χ0v) is 14.0. The number of nitrogens with zero attached hydrogens (tertiary/aromatic N) is 1. The van der Waals surface area contributed by atoms with E-state index in [0.717, 1.165) is 17.8 Å². The van der Waals surface area contributed by atoms with Gasteiger partial charge in [0, 0.05) is 17.7 Å². The molecule has 1 amide bonds. The molecular weight excluding hydrogens is 312 g/mol. The highest BCUT2D eigenvalue weighted by molar-refractivity contribution is 5.67. The van der Waals surface area contributed by atoms with Gasteiger partial charge in [-0.15, -0.1) is 0 Å². The third kappa shape index (κ3) is 5.18. The molecule has 1 aromatic heterocycles. The quantitative estimate of drug-likeness (QED) is 0.702. The van der Waals surface area contributed by atoms with Crippen molar-refractivity contribution in [2.24, 2.45) is 0 Å². The van der Waals surface area contributed by atoms with Crippen molar-refractivity contribution in [2.45, 2.75) is 19.7 Å². The van der Waals surface area contributed by atoms with Gasteiger partial charge in [0.15, 0.2) is 12.7 Å². The fraction of sp³-hybridized carbons (Fsp3) is 0.143. The van der Waals surface area contributed by atoms with Gasteiger partial charge in [-0.05, 0) is 5.56 Å². The van der Waals surface area contributed by atoms with Gasteiger partial charge in [0.05, 0.1) is 0 Å². The van der Waals surface area contributed by atoms with E-state index in [0.29, 0.717) is 6.54 Å². The molecule has 3 aromatic rings. The van der Waals surface area contributed by atoms with Crippen molar-refractivity contribution in [2.75, 3.05) is 0 Å². The Morgan fingerprint density at radius 2 is 1.48 bits per heavy atom. The molecule has 3 rings (SSSR count). The summed E-state index contributed by atoms with van der Waals surface area (Å²) in [5, 5.41) is 2.81. The molecule has 0 radical (unpaired) electrons. The fourth-order valence-electron chi connectivity index (χ4n) is 2.54. The van der Waals surface area contributed by atoms with Crippen LogP contribution in [0.15, 0.2) is 85.1 Å². The maximum absolute atomic E-state index is 11.9. The van der Waals surface area contributed by atoms with E-state index in [1.807, 2.05) is 72.9 Å². The number of pyridine rings is 1. The number of benzene rings is 2. The van der Waals surface area contributed by atoms with Crippen LogP contribution in [0.2, 0.25) is 0 Å². The molecule has 0 spiro atoms. The van der Waals surface area contributed by atoms with Crippen molar-refractivity contribution in [1.82, 2.24) is 5.32 Å². The highest BCUT2D eigenvalue weighted by atomic mass is 16.5. The lowest BCUT2D eigenvalue weighted by molar-refractivity contribution is -0.695. The maximum Gasteiger partial charge on any atom is 0.407 e. The smallest absolute Gasteiger partial charge is 0.407 e. The zero-order valence-electron chi connectivity index (χ0n) is 14.0. The van der Waals surface area contributed by atoms with Crippen molar-refractivity contribution >= 4 is 6.09 Å².